The molecule has 1 aromatic heterocycles. The van der Waals surface area contributed by atoms with Gasteiger partial charge in [0.1, 0.15) is 0 Å². The first-order valence-electron chi connectivity index (χ1n) is 9.14. The summed E-state index contributed by atoms with van der Waals surface area (Å²) in [6, 6.07) is 8.89. The van der Waals surface area contributed by atoms with Gasteiger partial charge in [-0.15, -0.1) is 0 Å². The fourth-order valence-electron chi connectivity index (χ4n) is 3.76. The van der Waals surface area contributed by atoms with Gasteiger partial charge in [-0.2, -0.15) is 0 Å². The summed E-state index contributed by atoms with van der Waals surface area (Å²) < 4.78 is 2.27. The van der Waals surface area contributed by atoms with Crippen LogP contribution in [0.2, 0.25) is 0 Å². The minimum absolute atomic E-state index is 0.213. The Morgan fingerprint density at radius 1 is 1.17 bits per heavy atom. The van der Waals surface area contributed by atoms with Crippen molar-refractivity contribution in [2.45, 2.75) is 70.9 Å². The summed E-state index contributed by atoms with van der Waals surface area (Å²) in [6.45, 7) is 3.13. The van der Waals surface area contributed by atoms with Crippen LogP contribution in [0.1, 0.15) is 57.4 Å². The quantitative estimate of drug-likeness (QED) is 0.814. The monoisotopic (exact) mass is 312 g/mol. The molecule has 3 heteroatoms. The molecule has 124 valence electrons. The zero-order valence-corrected chi connectivity index (χ0v) is 14.2. The molecule has 0 saturated heterocycles. The molecule has 1 heterocycles. The molecular weight excluding hydrogens is 284 g/mol. The van der Waals surface area contributed by atoms with Crippen molar-refractivity contribution in [3.63, 3.8) is 0 Å². The highest BCUT2D eigenvalue weighted by molar-refractivity contribution is 5.85. The van der Waals surface area contributed by atoms with Gasteiger partial charge in [-0.25, -0.2) is 0 Å². The fraction of sp³-hybridized carbons (Fsp3) is 0.550. The molecule has 2 aromatic rings. The van der Waals surface area contributed by atoms with E-state index in [-0.39, 0.29) is 5.91 Å². The van der Waals surface area contributed by atoms with Gasteiger partial charge in [-0.1, -0.05) is 43.9 Å². The first kappa shape index (κ1) is 16.1. The van der Waals surface area contributed by atoms with E-state index < -0.39 is 0 Å². The van der Waals surface area contributed by atoms with Gasteiger partial charge in [-0.3, -0.25) is 4.79 Å². The molecule has 3 nitrogen and oxygen atoms in total. The summed E-state index contributed by atoms with van der Waals surface area (Å²) in [4.78, 5) is 12.3. The highest BCUT2D eigenvalue weighted by Gasteiger charge is 2.15. The van der Waals surface area contributed by atoms with E-state index in [1.807, 2.05) is 0 Å². The molecular formula is C20H28N2O. The van der Waals surface area contributed by atoms with E-state index in [4.69, 9.17) is 0 Å². The number of rotatable bonds is 5. The smallest absolute Gasteiger partial charge is 0.220 e. The number of hydrogen-bond acceptors (Lipinski definition) is 1. The van der Waals surface area contributed by atoms with Crippen LogP contribution in [-0.4, -0.2) is 16.5 Å². The molecule has 1 fully saturated rings. The van der Waals surface area contributed by atoms with Gasteiger partial charge in [0.25, 0.3) is 0 Å². The Labute approximate surface area is 139 Å². The molecule has 23 heavy (non-hydrogen) atoms. The second kappa shape index (κ2) is 7.67. The molecule has 0 aliphatic heterocycles. The third kappa shape index (κ3) is 3.95. The highest BCUT2D eigenvalue weighted by atomic mass is 16.1. The van der Waals surface area contributed by atoms with Gasteiger partial charge in [0.05, 0.1) is 0 Å². The maximum atomic E-state index is 12.3. The summed E-state index contributed by atoms with van der Waals surface area (Å²) in [5.41, 5.74) is 2.56. The van der Waals surface area contributed by atoms with Crippen molar-refractivity contribution in [2.75, 3.05) is 0 Å². The zero-order chi connectivity index (χ0) is 16.1. The number of aryl methyl sites for hydroxylation is 2. The lowest BCUT2D eigenvalue weighted by Gasteiger charge is -2.16. The lowest BCUT2D eigenvalue weighted by molar-refractivity contribution is -0.121. The van der Waals surface area contributed by atoms with Crippen molar-refractivity contribution >= 4 is 16.8 Å². The molecule has 1 aliphatic rings. The SMILES string of the molecule is CCn1cc(CCC(=O)NC2CCCCCC2)c2ccccc21. The highest BCUT2D eigenvalue weighted by Crippen LogP contribution is 2.23. The summed E-state index contributed by atoms with van der Waals surface area (Å²) in [6.07, 6.45) is 11.1. The number of aromatic nitrogens is 1. The molecule has 3 rings (SSSR count). The van der Waals surface area contributed by atoms with Crippen molar-refractivity contribution in [2.24, 2.45) is 0 Å². The van der Waals surface area contributed by atoms with Crippen LogP contribution in [0, 0.1) is 0 Å². The van der Waals surface area contributed by atoms with E-state index in [1.165, 1.54) is 42.1 Å². The maximum absolute atomic E-state index is 12.3. The van der Waals surface area contributed by atoms with Crippen LogP contribution in [0.3, 0.4) is 0 Å². The van der Waals surface area contributed by atoms with Gasteiger partial charge < -0.3 is 9.88 Å². The van der Waals surface area contributed by atoms with Crippen molar-refractivity contribution in [3.8, 4) is 0 Å². The zero-order valence-electron chi connectivity index (χ0n) is 14.2. The van der Waals surface area contributed by atoms with Crippen LogP contribution in [0.15, 0.2) is 30.5 Å². The molecule has 1 amide bonds. The number of amides is 1. The van der Waals surface area contributed by atoms with Crippen LogP contribution in [0.5, 0.6) is 0 Å². The van der Waals surface area contributed by atoms with Crippen LogP contribution < -0.4 is 5.32 Å². The predicted octanol–water partition coefficient (Wildman–Crippen LogP) is 4.43. The second-order valence-electron chi connectivity index (χ2n) is 6.71. The topological polar surface area (TPSA) is 34.0 Å². The van der Waals surface area contributed by atoms with Crippen molar-refractivity contribution < 1.29 is 4.79 Å². The van der Waals surface area contributed by atoms with Crippen molar-refractivity contribution in [1.29, 1.82) is 0 Å². The first-order chi connectivity index (χ1) is 11.3. The van der Waals surface area contributed by atoms with E-state index in [9.17, 15) is 4.79 Å². The van der Waals surface area contributed by atoms with E-state index in [1.54, 1.807) is 0 Å². The third-order valence-corrected chi connectivity index (χ3v) is 5.05. The van der Waals surface area contributed by atoms with Crippen LogP contribution in [0.4, 0.5) is 0 Å². The van der Waals surface area contributed by atoms with E-state index >= 15 is 0 Å². The molecule has 1 N–H and O–H groups in total. The minimum atomic E-state index is 0.213. The Kier molecular flexibility index (Phi) is 5.37. The van der Waals surface area contributed by atoms with E-state index in [0.717, 1.165) is 25.8 Å². The summed E-state index contributed by atoms with van der Waals surface area (Å²) in [5.74, 6) is 0.213. The van der Waals surface area contributed by atoms with Crippen LogP contribution in [0.25, 0.3) is 10.9 Å². The number of carbonyl (C=O) groups excluding carboxylic acids is 1. The number of benzene rings is 1. The van der Waals surface area contributed by atoms with Crippen LogP contribution >= 0.6 is 0 Å². The molecule has 1 aliphatic carbocycles. The second-order valence-corrected chi connectivity index (χ2v) is 6.71. The van der Waals surface area contributed by atoms with E-state index in [0.29, 0.717) is 12.5 Å². The third-order valence-electron chi connectivity index (χ3n) is 5.05. The lowest BCUT2D eigenvalue weighted by atomic mass is 10.1. The Morgan fingerprint density at radius 2 is 1.91 bits per heavy atom. The Hall–Kier alpha value is -1.77. The van der Waals surface area contributed by atoms with Crippen molar-refractivity contribution in [3.05, 3.63) is 36.0 Å². The molecule has 0 unspecified atom stereocenters. The molecule has 0 atom stereocenters. The van der Waals surface area contributed by atoms with Gasteiger partial charge in [0, 0.05) is 36.1 Å². The molecule has 1 aromatic carbocycles. The lowest BCUT2D eigenvalue weighted by Crippen LogP contribution is -2.34. The summed E-state index contributed by atoms with van der Waals surface area (Å²) >= 11 is 0. The average molecular weight is 312 g/mol. The number of hydrogen-bond donors (Lipinski definition) is 1. The van der Waals surface area contributed by atoms with E-state index in [2.05, 4.69) is 47.3 Å². The molecule has 0 bridgehead atoms. The number of carbonyl (C=O) groups is 1. The standard InChI is InChI=1S/C20H28N2O/c1-2-22-15-16(18-11-7-8-12-19(18)22)13-14-20(23)21-17-9-5-3-4-6-10-17/h7-8,11-12,15,17H,2-6,9-10,13-14H2,1H3,(H,21,23). The number of nitrogens with zero attached hydrogens (tertiary/aromatic N) is 1. The fourth-order valence-corrected chi connectivity index (χ4v) is 3.76. The average Bonchev–Trinajstić information content (AvgIpc) is 2.73. The number of fused-ring (bicyclic) bond motifs is 1. The predicted molar refractivity (Wildman–Crippen MR) is 95.6 cm³/mol. The van der Waals surface area contributed by atoms with Gasteiger partial charge in [-0.05, 0) is 37.8 Å². The number of nitrogens with one attached hydrogen (secondary N) is 1. The van der Waals surface area contributed by atoms with Crippen molar-refractivity contribution in [1.82, 2.24) is 9.88 Å². The molecule has 0 spiro atoms. The Morgan fingerprint density at radius 3 is 2.65 bits per heavy atom. The maximum Gasteiger partial charge on any atom is 0.220 e. The summed E-state index contributed by atoms with van der Waals surface area (Å²) in [7, 11) is 0. The Balaban J connectivity index is 1.60. The normalized spacial score (nSPS) is 16.4. The first-order valence-corrected chi connectivity index (χ1v) is 9.14. The van der Waals surface area contributed by atoms with Gasteiger partial charge in [0.15, 0.2) is 0 Å². The minimum Gasteiger partial charge on any atom is -0.353 e. The molecule has 1 saturated carbocycles. The molecule has 0 radical (unpaired) electrons. The largest absolute Gasteiger partial charge is 0.353 e. The number of para-hydroxylation sites is 1. The summed E-state index contributed by atoms with van der Waals surface area (Å²) in [5, 5.41) is 4.54. The van der Waals surface area contributed by atoms with Crippen LogP contribution in [-0.2, 0) is 17.8 Å². The Bertz CT molecular complexity index is 651. The van der Waals surface area contributed by atoms with Gasteiger partial charge >= 0.3 is 0 Å². The van der Waals surface area contributed by atoms with Gasteiger partial charge in [0.2, 0.25) is 5.91 Å².